The Morgan fingerprint density at radius 1 is 1.13 bits per heavy atom. The number of para-hydroxylation sites is 2. The number of fused-ring (bicyclic) bond motifs is 1. The number of amides is 1. The van der Waals surface area contributed by atoms with Gasteiger partial charge in [-0.2, -0.15) is 13.2 Å². The number of ether oxygens (including phenoxy) is 1. The van der Waals surface area contributed by atoms with E-state index in [1.807, 2.05) is 0 Å². The molecule has 0 saturated carbocycles. The third kappa shape index (κ3) is 3.50. The van der Waals surface area contributed by atoms with Gasteiger partial charge in [0.25, 0.3) is 5.91 Å². The number of benzene rings is 2. The average molecular weight is 429 g/mol. The van der Waals surface area contributed by atoms with Gasteiger partial charge in [-0.3, -0.25) is 4.79 Å². The van der Waals surface area contributed by atoms with Crippen LogP contribution in [0.2, 0.25) is 0 Å². The summed E-state index contributed by atoms with van der Waals surface area (Å²) in [6, 6.07) is 10.9. The van der Waals surface area contributed by atoms with E-state index in [9.17, 15) is 22.8 Å². The van der Waals surface area contributed by atoms with Crippen LogP contribution in [0.3, 0.4) is 0 Å². The summed E-state index contributed by atoms with van der Waals surface area (Å²) in [6.45, 7) is 0. The Hall–Kier alpha value is -4.15. The summed E-state index contributed by atoms with van der Waals surface area (Å²) in [6.07, 6.45) is -4.58. The minimum atomic E-state index is -4.58. The summed E-state index contributed by atoms with van der Waals surface area (Å²) >= 11 is 0. The lowest BCUT2D eigenvalue weighted by Crippen LogP contribution is -2.16. The molecule has 3 N–H and O–H groups in total. The highest BCUT2D eigenvalue weighted by atomic mass is 19.4. The van der Waals surface area contributed by atoms with Crippen molar-refractivity contribution < 1.29 is 22.7 Å². The van der Waals surface area contributed by atoms with Crippen LogP contribution in [-0.4, -0.2) is 32.5 Å². The molecule has 0 fully saturated rings. The topological polar surface area (TPSA) is 116 Å². The molecule has 0 aliphatic rings. The Morgan fingerprint density at radius 3 is 2.55 bits per heavy atom. The lowest BCUT2D eigenvalue weighted by atomic mass is 10.1. The van der Waals surface area contributed by atoms with Crippen LogP contribution in [0.5, 0.6) is 5.75 Å². The number of carbonyl (C=O) groups is 1. The summed E-state index contributed by atoms with van der Waals surface area (Å²) in [5.74, 6) is -0.838. The van der Waals surface area contributed by atoms with E-state index < -0.39 is 23.3 Å². The Morgan fingerprint density at radius 2 is 1.87 bits per heavy atom. The Labute approximate surface area is 172 Å². The molecule has 2 aromatic heterocycles. The molecule has 158 valence electrons. The molecule has 1 amide bonds. The molecule has 0 aliphatic heterocycles. The first-order valence-electron chi connectivity index (χ1n) is 8.84. The van der Waals surface area contributed by atoms with Gasteiger partial charge < -0.3 is 15.5 Å². The quantitative estimate of drug-likeness (QED) is 0.518. The van der Waals surface area contributed by atoms with E-state index in [0.717, 1.165) is 16.7 Å². The van der Waals surface area contributed by atoms with Gasteiger partial charge in [0, 0.05) is 5.56 Å². The first-order valence-corrected chi connectivity index (χ1v) is 8.84. The van der Waals surface area contributed by atoms with Crippen LogP contribution in [0.15, 0.2) is 53.3 Å². The lowest BCUT2D eigenvalue weighted by Gasteiger charge is -2.11. The summed E-state index contributed by atoms with van der Waals surface area (Å²) in [4.78, 5) is 35.5. The van der Waals surface area contributed by atoms with Crippen molar-refractivity contribution in [2.75, 3.05) is 7.11 Å². The molecule has 0 bridgehead atoms. The van der Waals surface area contributed by atoms with E-state index >= 15 is 0 Å². The number of hydrogen-bond acceptors (Lipinski definition) is 5. The first kappa shape index (κ1) is 20.1. The fraction of sp³-hybridized carbons (Fsp3) is 0.100. The van der Waals surface area contributed by atoms with Crippen molar-refractivity contribution in [2.45, 2.75) is 6.18 Å². The number of alkyl halides is 3. The number of H-pyrrole nitrogens is 1. The van der Waals surface area contributed by atoms with E-state index in [2.05, 4.69) is 15.0 Å². The van der Waals surface area contributed by atoms with Gasteiger partial charge in [0.15, 0.2) is 17.2 Å². The number of nitrogens with two attached hydrogens (primary N) is 1. The minimum absolute atomic E-state index is 0.000509. The number of nitrogens with one attached hydrogen (secondary N) is 1. The molecule has 2 heterocycles. The molecule has 31 heavy (non-hydrogen) atoms. The lowest BCUT2D eigenvalue weighted by molar-refractivity contribution is -0.137. The number of primary amides is 1. The highest BCUT2D eigenvalue weighted by molar-refractivity contribution is 6.02. The zero-order valence-electron chi connectivity index (χ0n) is 15.9. The Bertz CT molecular complexity index is 1370. The minimum Gasteiger partial charge on any atom is -0.495 e. The number of carbonyl (C=O) groups excluding carboxylic acids is 1. The summed E-state index contributed by atoms with van der Waals surface area (Å²) in [7, 11) is 1.41. The summed E-state index contributed by atoms with van der Waals surface area (Å²) in [5, 5.41) is 0. The highest BCUT2D eigenvalue weighted by Crippen LogP contribution is 2.32. The maximum Gasteiger partial charge on any atom is 0.416 e. The second-order valence-corrected chi connectivity index (χ2v) is 6.47. The zero-order chi connectivity index (χ0) is 22.3. The predicted molar refractivity (Wildman–Crippen MR) is 105 cm³/mol. The number of aromatic amines is 1. The number of nitrogens with zero attached hydrogens (tertiary/aromatic N) is 3. The van der Waals surface area contributed by atoms with Crippen LogP contribution in [0, 0.1) is 0 Å². The molecule has 0 saturated heterocycles. The van der Waals surface area contributed by atoms with Gasteiger partial charge in [-0.25, -0.2) is 19.3 Å². The third-order valence-electron chi connectivity index (χ3n) is 4.54. The van der Waals surface area contributed by atoms with Crippen molar-refractivity contribution >= 4 is 17.1 Å². The van der Waals surface area contributed by atoms with Crippen molar-refractivity contribution in [3.05, 3.63) is 70.3 Å². The molecule has 0 aliphatic carbocycles. The van der Waals surface area contributed by atoms with Crippen LogP contribution in [0.4, 0.5) is 13.2 Å². The third-order valence-corrected chi connectivity index (χ3v) is 4.54. The maximum absolute atomic E-state index is 13.1. The molecular formula is C20H14F3N5O3. The number of methoxy groups -OCH3 is 1. The van der Waals surface area contributed by atoms with Crippen LogP contribution >= 0.6 is 0 Å². The van der Waals surface area contributed by atoms with E-state index in [1.165, 1.54) is 19.2 Å². The largest absolute Gasteiger partial charge is 0.495 e. The molecule has 8 nitrogen and oxygen atoms in total. The van der Waals surface area contributed by atoms with E-state index in [4.69, 9.17) is 10.5 Å². The van der Waals surface area contributed by atoms with Gasteiger partial charge in [0.2, 0.25) is 0 Å². The maximum atomic E-state index is 13.1. The number of hydrogen-bond donors (Lipinski definition) is 2. The molecule has 2 aromatic carbocycles. The van der Waals surface area contributed by atoms with Crippen molar-refractivity contribution in [1.82, 2.24) is 19.5 Å². The normalized spacial score (nSPS) is 11.6. The SMILES string of the molecule is COc1ccccc1-n1c(=O)[nH]c2c(C(N)=O)nc(-c3cccc(C(F)(F)F)c3)nc21. The van der Waals surface area contributed by atoms with Gasteiger partial charge in [0.1, 0.15) is 11.3 Å². The van der Waals surface area contributed by atoms with Gasteiger partial charge in [0.05, 0.1) is 18.4 Å². The molecule has 11 heteroatoms. The van der Waals surface area contributed by atoms with Crippen molar-refractivity contribution in [1.29, 1.82) is 0 Å². The smallest absolute Gasteiger partial charge is 0.416 e. The number of halogens is 3. The molecule has 0 atom stereocenters. The number of rotatable bonds is 4. The predicted octanol–water partition coefficient (Wildman–Crippen LogP) is 2.90. The Balaban J connectivity index is 2.04. The first-order chi connectivity index (χ1) is 14.7. The molecule has 4 aromatic rings. The van der Waals surface area contributed by atoms with Crippen LogP contribution in [-0.2, 0) is 6.18 Å². The fourth-order valence-corrected chi connectivity index (χ4v) is 3.16. The van der Waals surface area contributed by atoms with Gasteiger partial charge in [-0.05, 0) is 24.3 Å². The Kier molecular flexibility index (Phi) is 4.72. The summed E-state index contributed by atoms with van der Waals surface area (Å²) < 4.78 is 45.8. The van der Waals surface area contributed by atoms with Gasteiger partial charge in [-0.1, -0.05) is 24.3 Å². The van der Waals surface area contributed by atoms with Crippen molar-refractivity contribution in [3.8, 4) is 22.8 Å². The van der Waals surface area contributed by atoms with Crippen LogP contribution in [0.1, 0.15) is 16.1 Å². The van der Waals surface area contributed by atoms with Gasteiger partial charge >= 0.3 is 11.9 Å². The van der Waals surface area contributed by atoms with Crippen LogP contribution < -0.4 is 16.2 Å². The fourth-order valence-electron chi connectivity index (χ4n) is 3.16. The second-order valence-electron chi connectivity index (χ2n) is 6.47. The monoisotopic (exact) mass is 429 g/mol. The molecule has 0 radical (unpaired) electrons. The standard InChI is InChI=1S/C20H14F3N5O3/c1-31-13-8-3-2-7-12(13)28-18-15(26-19(28)30)14(16(24)29)25-17(27-18)10-5-4-6-11(9-10)20(21,22)23/h2-9H,1H3,(H2,24,29)(H,26,30). The highest BCUT2D eigenvalue weighted by Gasteiger charge is 2.31. The molecular weight excluding hydrogens is 415 g/mol. The van der Waals surface area contributed by atoms with E-state index in [-0.39, 0.29) is 28.2 Å². The number of aromatic nitrogens is 4. The number of imidazole rings is 1. The second kappa shape index (κ2) is 7.27. The van der Waals surface area contributed by atoms with E-state index in [0.29, 0.717) is 11.4 Å². The summed E-state index contributed by atoms with van der Waals surface area (Å²) in [5.41, 5.74) is 3.75. The molecule has 0 unspecified atom stereocenters. The van der Waals surface area contributed by atoms with Crippen molar-refractivity contribution in [2.24, 2.45) is 5.73 Å². The molecule has 0 spiro atoms. The average Bonchev–Trinajstić information content (AvgIpc) is 3.07. The van der Waals surface area contributed by atoms with Crippen molar-refractivity contribution in [3.63, 3.8) is 0 Å². The van der Waals surface area contributed by atoms with E-state index in [1.54, 1.807) is 24.3 Å². The zero-order valence-corrected chi connectivity index (χ0v) is 15.9. The van der Waals surface area contributed by atoms with Gasteiger partial charge in [-0.15, -0.1) is 0 Å². The van der Waals surface area contributed by atoms with Crippen LogP contribution in [0.25, 0.3) is 28.2 Å². The molecule has 4 rings (SSSR count).